The summed E-state index contributed by atoms with van der Waals surface area (Å²) in [7, 11) is 0. The first-order valence-corrected chi connectivity index (χ1v) is 10.0. The molecule has 0 aliphatic heterocycles. The summed E-state index contributed by atoms with van der Waals surface area (Å²) in [6.45, 7) is 0. The maximum Gasteiger partial charge on any atom is 0.299 e. The van der Waals surface area contributed by atoms with E-state index in [9.17, 15) is 0 Å². The molecule has 0 amide bonds. The van der Waals surface area contributed by atoms with E-state index in [0.29, 0.717) is 27.4 Å². The van der Waals surface area contributed by atoms with Crippen LogP contribution in [0.2, 0.25) is 5.02 Å². The zero-order chi connectivity index (χ0) is 20.5. The third kappa shape index (κ3) is 2.36. The third-order valence-electron chi connectivity index (χ3n) is 5.85. The molecule has 144 valence electrons. The maximum absolute atomic E-state index is 15.3. The van der Waals surface area contributed by atoms with Crippen molar-refractivity contribution in [3.05, 3.63) is 101 Å². The van der Waals surface area contributed by atoms with Crippen molar-refractivity contribution < 1.29 is 8.78 Å². The van der Waals surface area contributed by atoms with Gasteiger partial charge in [0.15, 0.2) is 0 Å². The number of hydrogen-bond acceptors (Lipinski definition) is 1. The SMILES string of the molecule is FC1(F)c2cc(Cl)ccc2-c2ccc(-c3nc4ccccc4c4ccccc34)cc21. The lowest BCUT2D eigenvalue weighted by molar-refractivity contribution is 0.0480. The minimum atomic E-state index is -3.10. The normalized spacial score (nSPS) is 14.1. The highest BCUT2D eigenvalue weighted by molar-refractivity contribution is 6.30. The Labute approximate surface area is 176 Å². The number of aromatic nitrogens is 1. The number of pyridine rings is 1. The lowest BCUT2D eigenvalue weighted by atomic mass is 9.96. The van der Waals surface area contributed by atoms with Gasteiger partial charge in [0.25, 0.3) is 5.92 Å². The van der Waals surface area contributed by atoms with Crippen LogP contribution in [-0.4, -0.2) is 4.98 Å². The molecule has 0 saturated heterocycles. The molecule has 0 spiro atoms. The second-order valence-electron chi connectivity index (χ2n) is 7.55. The molecule has 6 rings (SSSR count). The van der Waals surface area contributed by atoms with Crippen LogP contribution in [0.15, 0.2) is 84.9 Å². The van der Waals surface area contributed by atoms with Crippen LogP contribution < -0.4 is 0 Å². The number of hydrogen-bond donors (Lipinski definition) is 0. The number of nitrogens with zero attached hydrogens (tertiary/aromatic N) is 1. The average Bonchev–Trinajstić information content (AvgIpc) is 2.99. The van der Waals surface area contributed by atoms with E-state index in [1.54, 1.807) is 24.3 Å². The van der Waals surface area contributed by atoms with Gasteiger partial charge < -0.3 is 0 Å². The molecular formula is C26H14ClF2N. The van der Waals surface area contributed by atoms with Crippen LogP contribution in [-0.2, 0) is 5.92 Å². The molecule has 4 heteroatoms. The molecule has 30 heavy (non-hydrogen) atoms. The molecule has 1 aromatic heterocycles. The Kier molecular flexibility index (Phi) is 3.57. The van der Waals surface area contributed by atoms with Gasteiger partial charge in [0.1, 0.15) is 0 Å². The second kappa shape index (κ2) is 6.10. The van der Waals surface area contributed by atoms with E-state index in [1.165, 1.54) is 6.07 Å². The minimum Gasteiger partial charge on any atom is -0.247 e. The number of alkyl halides is 2. The van der Waals surface area contributed by atoms with Crippen molar-refractivity contribution in [2.45, 2.75) is 5.92 Å². The molecule has 1 nitrogen and oxygen atoms in total. The summed E-state index contributed by atoms with van der Waals surface area (Å²) in [5.41, 5.74) is 3.25. The second-order valence-corrected chi connectivity index (χ2v) is 7.98. The van der Waals surface area contributed by atoms with Crippen molar-refractivity contribution >= 4 is 33.3 Å². The largest absolute Gasteiger partial charge is 0.299 e. The van der Waals surface area contributed by atoms with E-state index in [0.717, 1.165) is 21.7 Å². The van der Waals surface area contributed by atoms with Crippen LogP contribution in [0.3, 0.4) is 0 Å². The van der Waals surface area contributed by atoms with Crippen molar-refractivity contribution in [2.75, 3.05) is 0 Å². The van der Waals surface area contributed by atoms with Crippen molar-refractivity contribution in [1.82, 2.24) is 4.98 Å². The van der Waals surface area contributed by atoms with Crippen molar-refractivity contribution in [3.8, 4) is 22.4 Å². The first kappa shape index (κ1) is 17.5. The van der Waals surface area contributed by atoms with Gasteiger partial charge in [0, 0.05) is 32.5 Å². The van der Waals surface area contributed by atoms with Crippen LogP contribution >= 0.6 is 11.6 Å². The number of fused-ring (bicyclic) bond motifs is 6. The lowest BCUT2D eigenvalue weighted by Gasteiger charge is -2.14. The fourth-order valence-corrected chi connectivity index (χ4v) is 4.64. The van der Waals surface area contributed by atoms with Crippen LogP contribution in [0.4, 0.5) is 8.78 Å². The average molecular weight is 414 g/mol. The quantitative estimate of drug-likeness (QED) is 0.255. The van der Waals surface area contributed by atoms with Crippen LogP contribution in [0.5, 0.6) is 0 Å². The molecule has 1 heterocycles. The number of halogens is 3. The highest BCUT2D eigenvalue weighted by atomic mass is 35.5. The van der Waals surface area contributed by atoms with E-state index < -0.39 is 5.92 Å². The Morgan fingerprint density at radius 3 is 2.10 bits per heavy atom. The van der Waals surface area contributed by atoms with Crippen molar-refractivity contribution in [2.24, 2.45) is 0 Å². The van der Waals surface area contributed by atoms with E-state index in [-0.39, 0.29) is 11.1 Å². The molecule has 0 N–H and O–H groups in total. The minimum absolute atomic E-state index is 0.00342. The van der Waals surface area contributed by atoms with Gasteiger partial charge in [-0.2, -0.15) is 8.78 Å². The van der Waals surface area contributed by atoms with Crippen molar-refractivity contribution in [1.29, 1.82) is 0 Å². The summed E-state index contributed by atoms with van der Waals surface area (Å²) >= 11 is 6.00. The summed E-state index contributed by atoms with van der Waals surface area (Å²) in [4.78, 5) is 4.84. The number of para-hydroxylation sites is 1. The zero-order valence-corrected chi connectivity index (χ0v) is 16.4. The standard InChI is InChI=1S/C26H14ClF2N/c27-16-10-12-19-18-11-9-15(13-22(18)26(28,29)23(19)14-16)25-21-7-2-1-5-17(21)20-6-3-4-8-24(20)30-25/h1-14H. The van der Waals surface area contributed by atoms with Crippen LogP contribution in [0.1, 0.15) is 11.1 Å². The predicted octanol–water partition coefficient (Wildman–Crippen LogP) is 7.83. The summed E-state index contributed by atoms with van der Waals surface area (Å²) in [5, 5.41) is 3.35. The smallest absolute Gasteiger partial charge is 0.247 e. The van der Waals surface area contributed by atoms with E-state index >= 15 is 8.78 Å². The van der Waals surface area contributed by atoms with Gasteiger partial charge in [-0.1, -0.05) is 72.3 Å². The molecule has 0 fully saturated rings. The first-order chi connectivity index (χ1) is 14.5. The van der Waals surface area contributed by atoms with E-state index in [4.69, 9.17) is 16.6 Å². The Morgan fingerprint density at radius 2 is 1.30 bits per heavy atom. The predicted molar refractivity (Wildman–Crippen MR) is 118 cm³/mol. The molecule has 4 aromatic carbocycles. The Hall–Kier alpha value is -3.30. The van der Waals surface area contributed by atoms with Gasteiger partial charge in [-0.15, -0.1) is 0 Å². The Morgan fingerprint density at radius 1 is 0.667 bits per heavy atom. The first-order valence-electron chi connectivity index (χ1n) is 9.64. The molecule has 0 bridgehead atoms. The molecule has 5 aromatic rings. The molecule has 0 saturated carbocycles. The van der Waals surface area contributed by atoms with Crippen LogP contribution in [0.25, 0.3) is 44.1 Å². The molecule has 0 unspecified atom stereocenters. The summed E-state index contributed by atoms with van der Waals surface area (Å²) in [6.07, 6.45) is 0. The van der Waals surface area contributed by atoms with Gasteiger partial charge in [0.05, 0.1) is 11.2 Å². The summed E-state index contributed by atoms with van der Waals surface area (Å²) < 4.78 is 30.6. The highest BCUT2D eigenvalue weighted by Gasteiger charge is 2.44. The topological polar surface area (TPSA) is 12.9 Å². The van der Waals surface area contributed by atoms with Crippen molar-refractivity contribution in [3.63, 3.8) is 0 Å². The third-order valence-corrected chi connectivity index (χ3v) is 6.09. The maximum atomic E-state index is 15.3. The fraction of sp³-hybridized carbons (Fsp3) is 0.0385. The Balaban J connectivity index is 1.63. The monoisotopic (exact) mass is 413 g/mol. The fourth-order valence-electron chi connectivity index (χ4n) is 4.47. The van der Waals surface area contributed by atoms with Gasteiger partial charge in [-0.25, -0.2) is 4.98 Å². The lowest BCUT2D eigenvalue weighted by Crippen LogP contribution is -2.11. The molecular weight excluding hydrogens is 400 g/mol. The molecule has 1 aliphatic carbocycles. The highest BCUT2D eigenvalue weighted by Crippen LogP contribution is 2.52. The summed E-state index contributed by atoms with van der Waals surface area (Å²) in [6, 6.07) is 25.8. The van der Waals surface area contributed by atoms with Gasteiger partial charge in [-0.3, -0.25) is 0 Å². The molecule has 0 atom stereocenters. The number of rotatable bonds is 1. The van der Waals surface area contributed by atoms with Gasteiger partial charge >= 0.3 is 0 Å². The zero-order valence-electron chi connectivity index (χ0n) is 15.7. The van der Waals surface area contributed by atoms with E-state index in [1.807, 2.05) is 54.6 Å². The molecule has 0 radical (unpaired) electrons. The van der Waals surface area contributed by atoms with E-state index in [2.05, 4.69) is 0 Å². The van der Waals surface area contributed by atoms with Crippen LogP contribution in [0, 0.1) is 0 Å². The molecule has 1 aliphatic rings. The Bertz CT molecular complexity index is 1490. The van der Waals surface area contributed by atoms with Gasteiger partial charge in [-0.05, 0) is 40.8 Å². The van der Waals surface area contributed by atoms with Gasteiger partial charge in [0.2, 0.25) is 0 Å². The number of benzene rings is 4. The summed E-state index contributed by atoms with van der Waals surface area (Å²) in [5.74, 6) is -3.10.